The van der Waals surface area contributed by atoms with Crippen LogP contribution in [0.25, 0.3) is 0 Å². The SMILES string of the molecule is C=CNCC(O)(O)O. The van der Waals surface area contributed by atoms with E-state index in [0.717, 1.165) is 0 Å². The molecular weight excluding hydrogens is 110 g/mol. The highest BCUT2D eigenvalue weighted by molar-refractivity contribution is 4.64. The van der Waals surface area contributed by atoms with Crippen LogP contribution in [-0.2, 0) is 0 Å². The van der Waals surface area contributed by atoms with Gasteiger partial charge in [0.25, 0.3) is 5.97 Å². The topological polar surface area (TPSA) is 72.7 Å². The van der Waals surface area contributed by atoms with Gasteiger partial charge in [0.1, 0.15) is 0 Å². The molecule has 0 bridgehead atoms. The van der Waals surface area contributed by atoms with E-state index >= 15 is 0 Å². The van der Waals surface area contributed by atoms with E-state index < -0.39 is 5.97 Å². The minimum absolute atomic E-state index is 0.337. The molecule has 4 heteroatoms. The zero-order chi connectivity index (χ0) is 6.62. The maximum Gasteiger partial charge on any atom is 0.293 e. The number of aliphatic hydroxyl groups is 3. The second kappa shape index (κ2) is 2.66. The van der Waals surface area contributed by atoms with Gasteiger partial charge in [-0.05, 0) is 6.20 Å². The van der Waals surface area contributed by atoms with Crippen LogP contribution in [0.1, 0.15) is 0 Å². The number of rotatable bonds is 3. The van der Waals surface area contributed by atoms with Gasteiger partial charge in [-0.25, -0.2) is 0 Å². The van der Waals surface area contributed by atoms with Crippen LogP contribution < -0.4 is 5.32 Å². The van der Waals surface area contributed by atoms with E-state index in [2.05, 4.69) is 11.9 Å². The predicted octanol–water partition coefficient (Wildman–Crippen LogP) is -1.65. The summed E-state index contributed by atoms with van der Waals surface area (Å²) >= 11 is 0. The van der Waals surface area contributed by atoms with Gasteiger partial charge in [-0.3, -0.25) is 0 Å². The smallest absolute Gasteiger partial charge is 0.293 e. The Labute approximate surface area is 47.1 Å². The van der Waals surface area contributed by atoms with Gasteiger partial charge in [0.15, 0.2) is 0 Å². The zero-order valence-electron chi connectivity index (χ0n) is 4.33. The van der Waals surface area contributed by atoms with Gasteiger partial charge < -0.3 is 20.6 Å². The van der Waals surface area contributed by atoms with E-state index in [9.17, 15) is 0 Å². The Balaban J connectivity index is 3.24. The molecule has 0 spiro atoms. The van der Waals surface area contributed by atoms with Crippen LogP contribution in [0.15, 0.2) is 12.8 Å². The molecule has 0 radical (unpaired) electrons. The zero-order valence-corrected chi connectivity index (χ0v) is 4.33. The van der Waals surface area contributed by atoms with Gasteiger partial charge >= 0.3 is 0 Å². The summed E-state index contributed by atoms with van der Waals surface area (Å²) in [7, 11) is 0. The lowest BCUT2D eigenvalue weighted by molar-refractivity contribution is -0.305. The average Bonchev–Trinajstić information content (AvgIpc) is 1.59. The van der Waals surface area contributed by atoms with Crippen LogP contribution in [0.4, 0.5) is 0 Å². The fourth-order valence-corrected chi connectivity index (χ4v) is 0.209. The van der Waals surface area contributed by atoms with Crippen LogP contribution in [-0.4, -0.2) is 27.8 Å². The fraction of sp³-hybridized carbons (Fsp3) is 0.500. The lowest BCUT2D eigenvalue weighted by Crippen LogP contribution is -2.37. The van der Waals surface area contributed by atoms with Crippen molar-refractivity contribution in [2.24, 2.45) is 0 Å². The molecule has 0 atom stereocenters. The number of hydrogen-bond acceptors (Lipinski definition) is 4. The van der Waals surface area contributed by atoms with Crippen molar-refractivity contribution in [3.63, 3.8) is 0 Å². The van der Waals surface area contributed by atoms with E-state index in [1.165, 1.54) is 6.20 Å². The Hall–Kier alpha value is -0.580. The van der Waals surface area contributed by atoms with E-state index in [1.54, 1.807) is 0 Å². The quantitative estimate of drug-likeness (QED) is 0.336. The second-order valence-corrected chi connectivity index (χ2v) is 1.36. The van der Waals surface area contributed by atoms with Crippen LogP contribution in [0.5, 0.6) is 0 Å². The van der Waals surface area contributed by atoms with E-state index in [1.807, 2.05) is 0 Å². The summed E-state index contributed by atoms with van der Waals surface area (Å²) in [6.07, 6.45) is 1.25. The van der Waals surface area contributed by atoms with Gasteiger partial charge in [-0.15, -0.1) is 0 Å². The third-order valence-electron chi connectivity index (χ3n) is 0.484. The van der Waals surface area contributed by atoms with Gasteiger partial charge in [-0.2, -0.15) is 0 Å². The summed E-state index contributed by atoms with van der Waals surface area (Å²) in [5, 5.41) is 26.8. The summed E-state index contributed by atoms with van der Waals surface area (Å²) in [6.45, 7) is 2.88. The molecule has 0 aromatic carbocycles. The molecule has 0 heterocycles. The average molecular weight is 119 g/mol. The Morgan fingerprint density at radius 1 is 1.50 bits per heavy atom. The first-order valence-corrected chi connectivity index (χ1v) is 2.07. The Morgan fingerprint density at radius 3 is 2.12 bits per heavy atom. The highest BCUT2D eigenvalue weighted by Crippen LogP contribution is 1.86. The molecule has 0 aliphatic rings. The van der Waals surface area contributed by atoms with Gasteiger partial charge in [0.05, 0.1) is 6.54 Å². The first-order valence-electron chi connectivity index (χ1n) is 2.07. The van der Waals surface area contributed by atoms with Gasteiger partial charge in [0, 0.05) is 0 Å². The Kier molecular flexibility index (Phi) is 2.47. The molecule has 0 aromatic heterocycles. The second-order valence-electron chi connectivity index (χ2n) is 1.36. The van der Waals surface area contributed by atoms with E-state index in [4.69, 9.17) is 15.3 Å². The third-order valence-corrected chi connectivity index (χ3v) is 0.484. The summed E-state index contributed by atoms with van der Waals surface area (Å²) in [4.78, 5) is 0. The first kappa shape index (κ1) is 7.42. The largest absolute Gasteiger partial charge is 0.384 e. The van der Waals surface area contributed by atoms with E-state index in [-0.39, 0.29) is 6.54 Å². The molecule has 4 N–H and O–H groups in total. The van der Waals surface area contributed by atoms with Crippen LogP contribution in [0.2, 0.25) is 0 Å². The van der Waals surface area contributed by atoms with Crippen LogP contribution in [0.3, 0.4) is 0 Å². The summed E-state index contributed by atoms with van der Waals surface area (Å²) in [6, 6.07) is 0. The fourth-order valence-electron chi connectivity index (χ4n) is 0.209. The van der Waals surface area contributed by atoms with Crippen molar-refractivity contribution in [2.75, 3.05) is 6.54 Å². The standard InChI is InChI=1S/C4H9NO3/c1-2-5-3-4(6,7)8/h2,5-8H,1,3H2. The van der Waals surface area contributed by atoms with Crippen molar-refractivity contribution < 1.29 is 15.3 Å². The first-order chi connectivity index (χ1) is 3.56. The number of hydrogen-bond donors (Lipinski definition) is 4. The molecule has 8 heavy (non-hydrogen) atoms. The lowest BCUT2D eigenvalue weighted by Gasteiger charge is -2.12. The van der Waals surface area contributed by atoms with Crippen molar-refractivity contribution in [3.8, 4) is 0 Å². The molecule has 48 valence electrons. The molecule has 0 aromatic rings. The van der Waals surface area contributed by atoms with Crippen molar-refractivity contribution in [2.45, 2.75) is 5.97 Å². The minimum Gasteiger partial charge on any atom is -0.384 e. The number of nitrogens with one attached hydrogen (secondary N) is 1. The highest BCUT2D eigenvalue weighted by Gasteiger charge is 2.15. The minimum atomic E-state index is -2.63. The van der Waals surface area contributed by atoms with Crippen molar-refractivity contribution in [3.05, 3.63) is 12.8 Å². The summed E-state index contributed by atoms with van der Waals surface area (Å²) < 4.78 is 0. The molecule has 4 nitrogen and oxygen atoms in total. The molecule has 0 aliphatic heterocycles. The van der Waals surface area contributed by atoms with Crippen molar-refractivity contribution in [1.29, 1.82) is 0 Å². The highest BCUT2D eigenvalue weighted by atomic mass is 16.7. The normalized spacial score (nSPS) is 10.9. The molecule has 0 unspecified atom stereocenters. The van der Waals surface area contributed by atoms with Crippen LogP contribution in [0, 0.1) is 0 Å². The van der Waals surface area contributed by atoms with E-state index in [0.29, 0.717) is 0 Å². The van der Waals surface area contributed by atoms with Crippen molar-refractivity contribution >= 4 is 0 Å². The van der Waals surface area contributed by atoms with Crippen LogP contribution >= 0.6 is 0 Å². The molecule has 0 saturated carbocycles. The van der Waals surface area contributed by atoms with Gasteiger partial charge in [0.2, 0.25) is 0 Å². The Bertz CT molecular complexity index is 75.8. The maximum absolute atomic E-state index is 8.15. The molecule has 0 fully saturated rings. The molecule has 0 saturated heterocycles. The van der Waals surface area contributed by atoms with Gasteiger partial charge in [-0.1, -0.05) is 6.58 Å². The Morgan fingerprint density at radius 2 is 2.00 bits per heavy atom. The molecule has 0 aliphatic carbocycles. The maximum atomic E-state index is 8.15. The summed E-state index contributed by atoms with van der Waals surface area (Å²) in [5.74, 6) is -2.63. The molecule has 0 rings (SSSR count). The lowest BCUT2D eigenvalue weighted by atomic mass is 10.5. The monoisotopic (exact) mass is 119 g/mol. The van der Waals surface area contributed by atoms with Crippen molar-refractivity contribution in [1.82, 2.24) is 5.32 Å². The molecule has 0 amide bonds. The predicted molar refractivity (Wildman–Crippen MR) is 27.6 cm³/mol. The third kappa shape index (κ3) is 5.42. The molecular formula is C4H9NO3. The summed E-state index contributed by atoms with van der Waals surface area (Å²) in [5.41, 5.74) is 0.